The van der Waals surface area contributed by atoms with Gasteiger partial charge in [0, 0.05) is 0 Å². The molecule has 0 radical (unpaired) electrons. The van der Waals surface area contributed by atoms with Crippen LogP contribution in [0.25, 0.3) is 0 Å². The van der Waals surface area contributed by atoms with Gasteiger partial charge in [0.2, 0.25) is 0 Å². The molecule has 334 valence electrons. The molecule has 2 nitrogen and oxygen atoms in total. The van der Waals surface area contributed by atoms with Crippen LogP contribution in [0, 0.1) is 35.5 Å². The first kappa shape index (κ1) is 47.5. The number of hydrogen-bond acceptors (Lipinski definition) is 2. The first-order valence-electron chi connectivity index (χ1n) is 23.1. The van der Waals surface area contributed by atoms with Crippen LogP contribution in [0.2, 0.25) is 0 Å². The molecule has 4 aliphatic rings. The lowest BCUT2D eigenvalue weighted by atomic mass is 9.74. The van der Waals surface area contributed by atoms with Gasteiger partial charge >= 0.3 is 25.1 Å². The van der Waals surface area contributed by atoms with Crippen molar-refractivity contribution in [3.63, 3.8) is 0 Å². The molecular weight excluding hydrogens is 773 g/mol. The zero-order valence-electron chi connectivity index (χ0n) is 35.5. The minimum absolute atomic E-state index is 0.216. The molecule has 4 aliphatic carbocycles. The smallest absolute Gasteiger partial charge is 0.428 e. The van der Waals surface area contributed by atoms with Gasteiger partial charge in [-0.15, -0.1) is 0 Å². The zero-order valence-corrected chi connectivity index (χ0v) is 35.5. The maximum Gasteiger partial charge on any atom is 0.461 e. The number of halogens is 8. The van der Waals surface area contributed by atoms with E-state index in [-0.39, 0.29) is 11.5 Å². The van der Waals surface area contributed by atoms with Crippen LogP contribution in [-0.2, 0) is 0 Å². The third-order valence-electron chi connectivity index (χ3n) is 14.6. The summed E-state index contributed by atoms with van der Waals surface area (Å²) in [6.07, 6.45) is 13.6. The number of benzene rings is 2. The second-order valence-corrected chi connectivity index (χ2v) is 18.6. The van der Waals surface area contributed by atoms with Crippen molar-refractivity contribution in [1.82, 2.24) is 0 Å². The molecule has 0 unspecified atom stereocenters. The average Bonchev–Trinajstić information content (AvgIpc) is 3.24. The third-order valence-corrected chi connectivity index (χ3v) is 14.6. The molecule has 59 heavy (non-hydrogen) atoms. The molecule has 0 N–H and O–H groups in total. The van der Waals surface area contributed by atoms with Crippen molar-refractivity contribution in [2.75, 3.05) is 0 Å². The number of rotatable bonds is 17. The molecule has 4 saturated carbocycles. The van der Waals surface area contributed by atoms with Crippen molar-refractivity contribution in [2.45, 2.75) is 198 Å². The lowest BCUT2D eigenvalue weighted by molar-refractivity contribution is -0.253. The van der Waals surface area contributed by atoms with Crippen molar-refractivity contribution in [1.29, 1.82) is 0 Å². The van der Waals surface area contributed by atoms with E-state index in [1.165, 1.54) is 146 Å². The molecule has 0 amide bonds. The van der Waals surface area contributed by atoms with Crippen LogP contribution in [0.4, 0.5) is 35.1 Å². The third kappa shape index (κ3) is 15.1. The Morgan fingerprint density at radius 1 is 0.424 bits per heavy atom. The van der Waals surface area contributed by atoms with Gasteiger partial charge in [-0.1, -0.05) is 134 Å². The molecule has 0 spiro atoms. The summed E-state index contributed by atoms with van der Waals surface area (Å²) in [5, 5.41) is 0. The van der Waals surface area contributed by atoms with E-state index >= 15 is 0 Å². The Morgan fingerprint density at radius 3 is 0.966 bits per heavy atom. The van der Waals surface area contributed by atoms with Gasteiger partial charge in [0.1, 0.15) is 11.5 Å². The molecule has 2 aromatic carbocycles. The summed E-state index contributed by atoms with van der Waals surface area (Å²) >= 11 is 0. The summed E-state index contributed by atoms with van der Waals surface area (Å²) in [5.74, 6) is 5.82. The fourth-order valence-electron chi connectivity index (χ4n) is 10.7. The fourth-order valence-corrected chi connectivity index (χ4v) is 10.7. The summed E-state index contributed by atoms with van der Waals surface area (Å²) in [4.78, 5) is 0. The summed E-state index contributed by atoms with van der Waals surface area (Å²) in [7, 11) is 0. The highest BCUT2D eigenvalue weighted by Gasteiger charge is 2.45. The molecule has 0 aromatic heterocycles. The van der Waals surface area contributed by atoms with Gasteiger partial charge in [0.15, 0.2) is 0 Å². The summed E-state index contributed by atoms with van der Waals surface area (Å²) in [6.45, 7) is 4.60. The van der Waals surface area contributed by atoms with E-state index in [1.54, 1.807) is 24.3 Å². The summed E-state index contributed by atoms with van der Waals surface area (Å²) < 4.78 is 109. The van der Waals surface area contributed by atoms with Crippen LogP contribution >= 0.6 is 0 Å². The Bertz CT molecular complexity index is 1440. The van der Waals surface area contributed by atoms with Gasteiger partial charge < -0.3 is 9.47 Å². The topological polar surface area (TPSA) is 18.5 Å². The zero-order chi connectivity index (χ0) is 42.4. The van der Waals surface area contributed by atoms with Crippen LogP contribution in [-0.4, -0.2) is 25.1 Å². The molecule has 2 aromatic rings. The van der Waals surface area contributed by atoms with Crippen molar-refractivity contribution in [3.8, 4) is 11.5 Å². The van der Waals surface area contributed by atoms with E-state index in [9.17, 15) is 35.1 Å². The Hall–Kier alpha value is -2.52. The predicted octanol–water partition coefficient (Wildman–Crippen LogP) is 16.8. The second kappa shape index (κ2) is 23.1. The van der Waals surface area contributed by atoms with Gasteiger partial charge in [-0.05, 0) is 134 Å². The highest BCUT2D eigenvalue weighted by molar-refractivity contribution is 5.31. The Balaban J connectivity index is 0.000000224. The van der Waals surface area contributed by atoms with E-state index in [4.69, 9.17) is 0 Å². The Morgan fingerprint density at radius 2 is 0.695 bits per heavy atom. The lowest BCUT2D eigenvalue weighted by Crippen LogP contribution is -2.33. The fraction of sp³-hybridized carbons (Fsp3) is 0.755. The average molecular weight is 843 g/mol. The van der Waals surface area contributed by atoms with Crippen molar-refractivity contribution in [3.05, 3.63) is 59.7 Å². The minimum atomic E-state index is -4.45. The standard InChI is InChI=1S/C25H36F4O.C24H34F4O/c1-2-3-18-4-6-19(7-5-18)8-9-20-10-12-21(13-11-20)22-14-16-23(17-15-22)30-25(28,29)24(26)27;1-2-17-3-5-18(6-4-17)7-8-19-9-11-20(12-10-19)21-13-15-22(16-14-21)29-24(27,28)23(25)26/h14-21,24H,2-13H2,1H3;13-20,23H,2-12H2,1H3/t18-,19-,20-,21-;17-,18-,19-,20-. The van der Waals surface area contributed by atoms with E-state index < -0.39 is 25.1 Å². The maximum absolute atomic E-state index is 13.0. The molecule has 0 saturated heterocycles. The number of hydrogen-bond donors (Lipinski definition) is 0. The van der Waals surface area contributed by atoms with Gasteiger partial charge in [0.05, 0.1) is 0 Å². The highest BCUT2D eigenvalue weighted by Crippen LogP contribution is 2.43. The van der Waals surface area contributed by atoms with Gasteiger partial charge in [0.25, 0.3) is 0 Å². The summed E-state index contributed by atoms with van der Waals surface area (Å²) in [6, 6.07) is 12.5. The molecule has 10 heteroatoms. The van der Waals surface area contributed by atoms with Gasteiger partial charge in [-0.25, -0.2) is 0 Å². The lowest BCUT2D eigenvalue weighted by Gasteiger charge is -2.32. The maximum atomic E-state index is 13.0. The van der Waals surface area contributed by atoms with Crippen LogP contribution < -0.4 is 9.47 Å². The van der Waals surface area contributed by atoms with E-state index in [0.29, 0.717) is 11.8 Å². The number of ether oxygens (including phenoxy) is 2. The molecule has 0 aliphatic heterocycles. The summed E-state index contributed by atoms with van der Waals surface area (Å²) in [5.41, 5.74) is 2.18. The van der Waals surface area contributed by atoms with Crippen molar-refractivity contribution < 1.29 is 44.6 Å². The first-order valence-corrected chi connectivity index (χ1v) is 23.1. The molecule has 4 fully saturated rings. The molecular formula is C49H70F8O2. The molecule has 0 heterocycles. The number of alkyl halides is 8. The van der Waals surface area contributed by atoms with E-state index in [0.717, 1.165) is 72.3 Å². The Kier molecular flexibility index (Phi) is 18.6. The van der Waals surface area contributed by atoms with Gasteiger partial charge in [-0.3, -0.25) is 0 Å². The van der Waals surface area contributed by atoms with Crippen molar-refractivity contribution >= 4 is 0 Å². The quantitative estimate of drug-likeness (QED) is 0.148. The highest BCUT2D eigenvalue weighted by atomic mass is 19.3. The Labute approximate surface area is 349 Å². The largest absolute Gasteiger partial charge is 0.461 e. The minimum Gasteiger partial charge on any atom is -0.428 e. The van der Waals surface area contributed by atoms with Crippen molar-refractivity contribution in [2.24, 2.45) is 35.5 Å². The second-order valence-electron chi connectivity index (χ2n) is 18.6. The van der Waals surface area contributed by atoms with Crippen LogP contribution in [0.3, 0.4) is 0 Å². The molecule has 6 rings (SSSR count). The van der Waals surface area contributed by atoms with E-state index in [2.05, 4.69) is 23.3 Å². The predicted molar refractivity (Wildman–Crippen MR) is 220 cm³/mol. The van der Waals surface area contributed by atoms with E-state index in [1.807, 2.05) is 0 Å². The first-order chi connectivity index (χ1) is 28.2. The van der Waals surface area contributed by atoms with Crippen LogP contribution in [0.15, 0.2) is 48.5 Å². The molecule has 0 bridgehead atoms. The van der Waals surface area contributed by atoms with Gasteiger partial charge in [-0.2, -0.15) is 35.1 Å². The monoisotopic (exact) mass is 843 g/mol. The van der Waals surface area contributed by atoms with Crippen LogP contribution in [0.1, 0.15) is 184 Å². The van der Waals surface area contributed by atoms with Crippen LogP contribution in [0.5, 0.6) is 11.5 Å². The SMILES string of the molecule is CCC[C@H]1CC[C@H](CC[C@H]2CC[C@H](c3ccc(OC(F)(F)C(F)F)cc3)CC2)CC1.CC[C@H]1CC[C@H](CC[C@H]2CC[C@H](c3ccc(OC(F)(F)C(F)F)cc3)CC2)CC1. The molecule has 0 atom stereocenters. The normalized spacial score (nSPS) is 28.2.